The summed E-state index contributed by atoms with van der Waals surface area (Å²) in [5, 5.41) is 15.0. The number of hydrogen-bond acceptors (Lipinski definition) is 6. The van der Waals surface area contributed by atoms with Gasteiger partial charge in [-0.2, -0.15) is 0 Å². The normalized spacial score (nSPS) is 23.2. The van der Waals surface area contributed by atoms with Gasteiger partial charge < -0.3 is 10.4 Å². The SMILES string of the molecule is CC[C@@H]1CN([C@H](C)C(=O)Nc2nccs2)CCN1C[C@H](C)O. The third-order valence-electron chi connectivity index (χ3n) is 4.20. The largest absolute Gasteiger partial charge is 0.392 e. The van der Waals surface area contributed by atoms with Crippen LogP contribution >= 0.6 is 11.3 Å². The number of anilines is 1. The summed E-state index contributed by atoms with van der Waals surface area (Å²) in [6.45, 7) is 9.21. The molecule has 0 aromatic carbocycles. The number of nitrogens with one attached hydrogen (secondary N) is 1. The van der Waals surface area contributed by atoms with Crippen molar-refractivity contribution < 1.29 is 9.90 Å². The zero-order valence-corrected chi connectivity index (χ0v) is 14.3. The molecule has 124 valence electrons. The van der Waals surface area contributed by atoms with E-state index in [2.05, 4.69) is 27.0 Å². The number of rotatable bonds is 6. The van der Waals surface area contributed by atoms with E-state index in [1.165, 1.54) is 11.3 Å². The predicted octanol–water partition coefficient (Wildman–Crippen LogP) is 1.25. The predicted molar refractivity (Wildman–Crippen MR) is 89.1 cm³/mol. The van der Waals surface area contributed by atoms with Gasteiger partial charge in [-0.1, -0.05) is 6.92 Å². The van der Waals surface area contributed by atoms with Crippen LogP contribution in [-0.2, 0) is 4.79 Å². The minimum absolute atomic E-state index is 0.00576. The number of nitrogens with zero attached hydrogens (tertiary/aromatic N) is 3. The minimum atomic E-state index is -0.314. The highest BCUT2D eigenvalue weighted by Crippen LogP contribution is 2.17. The van der Waals surface area contributed by atoms with Gasteiger partial charge in [-0.25, -0.2) is 4.98 Å². The molecule has 0 bridgehead atoms. The van der Waals surface area contributed by atoms with E-state index in [9.17, 15) is 9.90 Å². The van der Waals surface area contributed by atoms with Crippen molar-refractivity contribution in [1.82, 2.24) is 14.8 Å². The van der Waals surface area contributed by atoms with Crippen molar-refractivity contribution in [2.45, 2.75) is 45.4 Å². The number of hydrogen-bond donors (Lipinski definition) is 2. The molecule has 1 aromatic heterocycles. The Kier molecular flexibility index (Phi) is 6.31. The van der Waals surface area contributed by atoms with Crippen LogP contribution in [0.2, 0.25) is 0 Å². The molecular weight excluding hydrogens is 300 g/mol. The summed E-state index contributed by atoms with van der Waals surface area (Å²) in [7, 11) is 0. The van der Waals surface area contributed by atoms with Crippen LogP contribution in [0.25, 0.3) is 0 Å². The lowest BCUT2D eigenvalue weighted by atomic mass is 10.1. The van der Waals surface area contributed by atoms with Crippen LogP contribution in [0.5, 0.6) is 0 Å². The van der Waals surface area contributed by atoms with Crippen molar-refractivity contribution in [1.29, 1.82) is 0 Å². The molecule has 1 fully saturated rings. The molecule has 2 rings (SSSR count). The van der Waals surface area contributed by atoms with Gasteiger partial charge in [0.25, 0.3) is 0 Å². The molecule has 2 heterocycles. The summed E-state index contributed by atoms with van der Waals surface area (Å²) in [6, 6.07) is 0.213. The Hall–Kier alpha value is -1.02. The highest BCUT2D eigenvalue weighted by Gasteiger charge is 2.31. The van der Waals surface area contributed by atoms with Crippen LogP contribution in [0.4, 0.5) is 5.13 Å². The van der Waals surface area contributed by atoms with E-state index in [0.717, 1.165) is 26.1 Å². The highest BCUT2D eigenvalue weighted by atomic mass is 32.1. The smallest absolute Gasteiger partial charge is 0.243 e. The first kappa shape index (κ1) is 17.3. The Morgan fingerprint density at radius 1 is 1.55 bits per heavy atom. The number of aliphatic hydroxyl groups excluding tert-OH is 1. The second kappa shape index (κ2) is 8.01. The van der Waals surface area contributed by atoms with Gasteiger partial charge in [0.2, 0.25) is 5.91 Å². The van der Waals surface area contributed by atoms with Crippen molar-refractivity contribution in [3.05, 3.63) is 11.6 Å². The number of piperazine rings is 1. The van der Waals surface area contributed by atoms with Gasteiger partial charge in [0.1, 0.15) is 0 Å². The lowest BCUT2D eigenvalue weighted by Crippen LogP contribution is -2.58. The molecule has 3 atom stereocenters. The average molecular weight is 326 g/mol. The van der Waals surface area contributed by atoms with Gasteiger partial charge in [-0.15, -0.1) is 11.3 Å². The quantitative estimate of drug-likeness (QED) is 0.823. The number of aromatic nitrogens is 1. The Morgan fingerprint density at radius 2 is 2.32 bits per heavy atom. The summed E-state index contributed by atoms with van der Waals surface area (Å²) >= 11 is 1.43. The molecule has 1 aliphatic heterocycles. The second-order valence-electron chi connectivity index (χ2n) is 5.90. The van der Waals surface area contributed by atoms with Crippen LogP contribution in [0.3, 0.4) is 0 Å². The molecule has 2 N–H and O–H groups in total. The monoisotopic (exact) mass is 326 g/mol. The fraction of sp³-hybridized carbons (Fsp3) is 0.733. The van der Waals surface area contributed by atoms with Gasteiger partial charge in [-0.05, 0) is 20.3 Å². The topological polar surface area (TPSA) is 68.7 Å². The molecule has 1 aromatic rings. The summed E-state index contributed by atoms with van der Waals surface area (Å²) in [5.74, 6) is -0.00576. The molecule has 1 aliphatic rings. The zero-order valence-electron chi connectivity index (χ0n) is 13.5. The van der Waals surface area contributed by atoms with Crippen LogP contribution in [0, 0.1) is 0 Å². The van der Waals surface area contributed by atoms with Crippen molar-refractivity contribution in [2.75, 3.05) is 31.5 Å². The molecular formula is C15H26N4O2S. The third-order valence-corrected chi connectivity index (χ3v) is 4.88. The zero-order chi connectivity index (χ0) is 16.1. The number of aliphatic hydroxyl groups is 1. The van der Waals surface area contributed by atoms with Gasteiger partial charge in [0.05, 0.1) is 12.1 Å². The molecule has 0 unspecified atom stereocenters. The van der Waals surface area contributed by atoms with E-state index < -0.39 is 0 Å². The van der Waals surface area contributed by atoms with Crippen molar-refractivity contribution in [3.63, 3.8) is 0 Å². The first-order chi connectivity index (χ1) is 10.5. The van der Waals surface area contributed by atoms with Crippen molar-refractivity contribution in [2.24, 2.45) is 0 Å². The Morgan fingerprint density at radius 3 is 2.91 bits per heavy atom. The van der Waals surface area contributed by atoms with Crippen LogP contribution in [0.1, 0.15) is 27.2 Å². The van der Waals surface area contributed by atoms with E-state index in [4.69, 9.17) is 0 Å². The van der Waals surface area contributed by atoms with Gasteiger partial charge in [-0.3, -0.25) is 14.6 Å². The first-order valence-corrected chi connectivity index (χ1v) is 8.75. The average Bonchev–Trinajstić information content (AvgIpc) is 2.99. The van der Waals surface area contributed by atoms with E-state index in [0.29, 0.717) is 17.7 Å². The van der Waals surface area contributed by atoms with Crippen molar-refractivity contribution in [3.8, 4) is 0 Å². The molecule has 1 amide bonds. The van der Waals surface area contributed by atoms with E-state index in [-0.39, 0.29) is 18.1 Å². The lowest BCUT2D eigenvalue weighted by molar-refractivity contribution is -0.122. The minimum Gasteiger partial charge on any atom is -0.392 e. The Labute approximate surface area is 136 Å². The summed E-state index contributed by atoms with van der Waals surface area (Å²) in [6.07, 6.45) is 2.39. The van der Waals surface area contributed by atoms with Gasteiger partial charge >= 0.3 is 0 Å². The number of thiazole rings is 1. The standard InChI is InChI=1S/C15H26N4O2S/c1-4-13-10-18(6-7-19(13)9-11(2)20)12(3)14(21)17-15-16-5-8-22-15/h5,8,11-13,20H,4,6-7,9-10H2,1-3H3,(H,16,17,21)/t11-,12+,13+/m0/s1. The lowest BCUT2D eigenvalue weighted by Gasteiger charge is -2.43. The molecule has 0 radical (unpaired) electrons. The summed E-state index contributed by atoms with van der Waals surface area (Å²) in [4.78, 5) is 21.0. The number of β-amino-alcohol motifs (C(OH)–C–C–N with tert-alkyl or cyclic N) is 1. The maximum Gasteiger partial charge on any atom is 0.243 e. The summed E-state index contributed by atoms with van der Waals surface area (Å²) in [5.41, 5.74) is 0. The molecule has 7 heteroatoms. The fourth-order valence-corrected chi connectivity index (χ4v) is 3.43. The molecule has 0 spiro atoms. The third kappa shape index (κ3) is 4.49. The maximum atomic E-state index is 12.3. The summed E-state index contributed by atoms with van der Waals surface area (Å²) < 4.78 is 0. The molecule has 6 nitrogen and oxygen atoms in total. The highest BCUT2D eigenvalue weighted by molar-refractivity contribution is 7.13. The van der Waals surface area contributed by atoms with E-state index in [1.807, 2.05) is 19.2 Å². The van der Waals surface area contributed by atoms with Gasteiger partial charge in [0, 0.05) is 43.8 Å². The fourth-order valence-electron chi connectivity index (χ4n) is 2.90. The maximum absolute atomic E-state index is 12.3. The number of amides is 1. The van der Waals surface area contributed by atoms with E-state index in [1.54, 1.807) is 6.20 Å². The van der Waals surface area contributed by atoms with Gasteiger partial charge in [0.15, 0.2) is 5.13 Å². The second-order valence-corrected chi connectivity index (χ2v) is 6.80. The molecule has 0 saturated carbocycles. The number of carbonyl (C=O) groups is 1. The van der Waals surface area contributed by atoms with Crippen LogP contribution in [-0.4, -0.2) is 70.2 Å². The van der Waals surface area contributed by atoms with E-state index >= 15 is 0 Å². The molecule has 1 saturated heterocycles. The Bertz CT molecular complexity index is 466. The van der Waals surface area contributed by atoms with Crippen LogP contribution in [0.15, 0.2) is 11.6 Å². The first-order valence-electron chi connectivity index (χ1n) is 7.87. The van der Waals surface area contributed by atoms with Crippen molar-refractivity contribution >= 4 is 22.4 Å². The molecule has 0 aliphatic carbocycles. The van der Waals surface area contributed by atoms with Crippen LogP contribution < -0.4 is 5.32 Å². The Balaban J connectivity index is 1.91. The number of carbonyl (C=O) groups excluding carboxylic acids is 1. The molecule has 22 heavy (non-hydrogen) atoms.